The van der Waals surface area contributed by atoms with E-state index in [4.69, 9.17) is 9.47 Å². The molecule has 1 atom stereocenters. The van der Waals surface area contributed by atoms with Crippen LogP contribution in [0, 0.1) is 0 Å². The number of hydrogen-bond acceptors (Lipinski definition) is 5. The van der Waals surface area contributed by atoms with Crippen molar-refractivity contribution < 1.29 is 19.1 Å². The number of amides is 2. The van der Waals surface area contributed by atoms with Gasteiger partial charge in [0.2, 0.25) is 5.91 Å². The third-order valence-corrected chi connectivity index (χ3v) is 3.92. The molecular weight excluding hydrogens is 358 g/mol. The molecule has 3 N–H and O–H groups in total. The number of carbonyl (C=O) groups excluding carboxylic acids is 2. The van der Waals surface area contributed by atoms with Crippen molar-refractivity contribution in [1.29, 1.82) is 0 Å². The molecule has 2 aromatic rings. The van der Waals surface area contributed by atoms with Crippen molar-refractivity contribution in [2.24, 2.45) is 0 Å². The van der Waals surface area contributed by atoms with Crippen LogP contribution in [0.15, 0.2) is 66.9 Å². The molecule has 7 heteroatoms. The van der Waals surface area contributed by atoms with Crippen LogP contribution in [0.1, 0.15) is 30.5 Å². The summed E-state index contributed by atoms with van der Waals surface area (Å²) in [6, 6.07) is 16.7. The first-order valence-electron chi connectivity index (χ1n) is 8.81. The molecule has 0 saturated carbocycles. The fraction of sp³-hybridized carbons (Fsp3) is 0.238. The Kier molecular flexibility index (Phi) is 7.90. The topological polar surface area (TPSA) is 88.7 Å². The third-order valence-electron chi connectivity index (χ3n) is 3.92. The van der Waals surface area contributed by atoms with Crippen molar-refractivity contribution in [2.45, 2.75) is 26.0 Å². The van der Waals surface area contributed by atoms with Crippen LogP contribution in [-0.4, -0.2) is 19.1 Å². The predicted molar refractivity (Wildman–Crippen MR) is 106 cm³/mol. The van der Waals surface area contributed by atoms with Crippen LogP contribution in [0.25, 0.3) is 0 Å². The molecule has 7 nitrogen and oxygen atoms in total. The zero-order chi connectivity index (χ0) is 20.4. The molecule has 1 unspecified atom stereocenters. The Labute approximate surface area is 164 Å². The maximum Gasteiger partial charge on any atom is 0.426 e. The lowest BCUT2D eigenvalue weighted by Crippen LogP contribution is -2.38. The van der Waals surface area contributed by atoms with Crippen molar-refractivity contribution >= 4 is 12.0 Å². The second-order valence-corrected chi connectivity index (χ2v) is 6.15. The van der Waals surface area contributed by atoms with Gasteiger partial charge in [-0.15, -0.1) is 0 Å². The lowest BCUT2D eigenvalue weighted by Gasteiger charge is -2.16. The van der Waals surface area contributed by atoms with E-state index in [-0.39, 0.29) is 25.0 Å². The molecule has 2 aromatic carbocycles. The molecule has 28 heavy (non-hydrogen) atoms. The molecule has 0 heterocycles. The normalized spacial score (nSPS) is 11.1. The zero-order valence-electron chi connectivity index (χ0n) is 16.0. The molecule has 2 amide bonds. The van der Waals surface area contributed by atoms with Crippen molar-refractivity contribution in [1.82, 2.24) is 16.2 Å². The fourth-order valence-electron chi connectivity index (χ4n) is 2.40. The molecule has 0 aliphatic carbocycles. The largest absolute Gasteiger partial charge is 0.497 e. The van der Waals surface area contributed by atoms with Crippen molar-refractivity contribution in [2.75, 3.05) is 7.11 Å². The van der Waals surface area contributed by atoms with Gasteiger partial charge in [0.15, 0.2) is 0 Å². The number of rotatable bonds is 9. The highest BCUT2D eigenvalue weighted by Gasteiger charge is 2.11. The maximum absolute atomic E-state index is 12.1. The quantitative estimate of drug-likeness (QED) is 0.579. The minimum Gasteiger partial charge on any atom is -0.497 e. The summed E-state index contributed by atoms with van der Waals surface area (Å²) >= 11 is 0. The SMILES string of the molecule is C=C(CC(=O)NC(C)c1ccccc1)NNC(=O)OCc1ccc(OC)cc1. The molecule has 0 aliphatic heterocycles. The van der Waals surface area contributed by atoms with Gasteiger partial charge in [0.1, 0.15) is 12.4 Å². The number of carbonyl (C=O) groups is 2. The van der Waals surface area contributed by atoms with Crippen LogP contribution in [0.2, 0.25) is 0 Å². The number of hydrogen-bond donors (Lipinski definition) is 3. The average molecular weight is 383 g/mol. The van der Waals surface area contributed by atoms with Crippen LogP contribution in [-0.2, 0) is 16.1 Å². The first-order chi connectivity index (χ1) is 13.5. The van der Waals surface area contributed by atoms with Gasteiger partial charge in [0.05, 0.1) is 19.6 Å². The Morgan fingerprint density at radius 2 is 1.71 bits per heavy atom. The highest BCUT2D eigenvalue weighted by Crippen LogP contribution is 2.12. The highest BCUT2D eigenvalue weighted by molar-refractivity contribution is 5.78. The van der Waals surface area contributed by atoms with E-state index in [0.717, 1.165) is 16.9 Å². The molecule has 0 aromatic heterocycles. The van der Waals surface area contributed by atoms with Gasteiger partial charge in [0.25, 0.3) is 0 Å². The molecule has 0 bridgehead atoms. The van der Waals surface area contributed by atoms with Gasteiger partial charge < -0.3 is 20.2 Å². The summed E-state index contributed by atoms with van der Waals surface area (Å²) in [5.74, 6) is 0.522. The van der Waals surface area contributed by atoms with Crippen LogP contribution >= 0.6 is 0 Å². The fourth-order valence-corrected chi connectivity index (χ4v) is 2.40. The standard InChI is InChI=1S/C21H25N3O4/c1-15(13-20(25)22-16(2)18-7-5-4-6-8-18)23-24-21(26)28-14-17-9-11-19(27-3)12-10-17/h4-12,16,23H,1,13-14H2,2-3H3,(H,22,25)(H,24,26). The summed E-state index contributed by atoms with van der Waals surface area (Å²) in [5, 5.41) is 2.88. The number of methoxy groups -OCH3 is 1. The Morgan fingerprint density at radius 1 is 1.04 bits per heavy atom. The number of nitrogens with one attached hydrogen (secondary N) is 3. The molecule has 0 spiro atoms. The van der Waals surface area contributed by atoms with E-state index in [1.807, 2.05) is 37.3 Å². The van der Waals surface area contributed by atoms with Gasteiger partial charge >= 0.3 is 6.09 Å². The predicted octanol–water partition coefficient (Wildman–Crippen LogP) is 3.21. The van der Waals surface area contributed by atoms with Gasteiger partial charge in [-0.05, 0) is 30.2 Å². The lowest BCUT2D eigenvalue weighted by atomic mass is 10.1. The molecule has 0 fully saturated rings. The molecule has 2 rings (SSSR count). The number of benzene rings is 2. The van der Waals surface area contributed by atoms with Crippen molar-refractivity contribution in [3.05, 3.63) is 78.0 Å². The van der Waals surface area contributed by atoms with Gasteiger partial charge in [-0.25, -0.2) is 10.2 Å². The van der Waals surface area contributed by atoms with E-state index in [2.05, 4.69) is 22.7 Å². The third kappa shape index (κ3) is 7.03. The van der Waals surface area contributed by atoms with Gasteiger partial charge in [-0.2, -0.15) is 0 Å². The van der Waals surface area contributed by atoms with Gasteiger partial charge in [0, 0.05) is 5.70 Å². The Hall–Kier alpha value is -3.48. The second kappa shape index (κ2) is 10.6. The first-order valence-corrected chi connectivity index (χ1v) is 8.81. The molecule has 148 valence electrons. The van der Waals surface area contributed by atoms with Crippen LogP contribution in [0.3, 0.4) is 0 Å². The minimum atomic E-state index is -0.671. The van der Waals surface area contributed by atoms with Crippen molar-refractivity contribution in [3.8, 4) is 5.75 Å². The van der Waals surface area contributed by atoms with E-state index in [0.29, 0.717) is 5.70 Å². The van der Waals surface area contributed by atoms with E-state index < -0.39 is 6.09 Å². The van der Waals surface area contributed by atoms with Crippen LogP contribution < -0.4 is 20.9 Å². The van der Waals surface area contributed by atoms with Gasteiger partial charge in [-0.1, -0.05) is 49.0 Å². The second-order valence-electron chi connectivity index (χ2n) is 6.15. The van der Waals surface area contributed by atoms with E-state index in [9.17, 15) is 9.59 Å². The Balaban J connectivity index is 1.66. The molecular formula is C21H25N3O4. The van der Waals surface area contributed by atoms with Crippen LogP contribution in [0.5, 0.6) is 5.75 Å². The molecule has 0 saturated heterocycles. The zero-order valence-corrected chi connectivity index (χ0v) is 16.0. The summed E-state index contributed by atoms with van der Waals surface area (Å²) in [5.41, 5.74) is 7.11. The van der Waals surface area contributed by atoms with Gasteiger partial charge in [-0.3, -0.25) is 4.79 Å². The van der Waals surface area contributed by atoms with E-state index in [1.54, 1.807) is 31.4 Å². The van der Waals surface area contributed by atoms with Crippen molar-refractivity contribution in [3.63, 3.8) is 0 Å². The Morgan fingerprint density at radius 3 is 2.36 bits per heavy atom. The molecule has 0 aliphatic rings. The molecule has 0 radical (unpaired) electrons. The average Bonchev–Trinajstić information content (AvgIpc) is 2.71. The van der Waals surface area contributed by atoms with Crippen LogP contribution in [0.4, 0.5) is 4.79 Å². The van der Waals surface area contributed by atoms with E-state index >= 15 is 0 Å². The highest BCUT2D eigenvalue weighted by atomic mass is 16.6. The summed E-state index contributed by atoms with van der Waals surface area (Å²) in [4.78, 5) is 23.8. The maximum atomic E-state index is 12.1. The minimum absolute atomic E-state index is 0.0237. The smallest absolute Gasteiger partial charge is 0.426 e. The number of ether oxygens (including phenoxy) is 2. The summed E-state index contributed by atoms with van der Waals surface area (Å²) in [7, 11) is 1.58. The summed E-state index contributed by atoms with van der Waals surface area (Å²) in [6.07, 6.45) is -0.648. The Bertz CT molecular complexity index is 791. The first kappa shape index (κ1) is 20.8. The monoisotopic (exact) mass is 383 g/mol. The lowest BCUT2D eigenvalue weighted by molar-refractivity contribution is -0.121. The summed E-state index contributed by atoms with van der Waals surface area (Å²) < 4.78 is 10.2. The summed E-state index contributed by atoms with van der Waals surface area (Å²) in [6.45, 7) is 5.74. The number of hydrazine groups is 1. The van der Waals surface area contributed by atoms with E-state index in [1.165, 1.54) is 0 Å².